The molecule has 70 valence electrons. The van der Waals surface area contributed by atoms with Crippen LogP contribution in [0.2, 0.25) is 0 Å². The van der Waals surface area contributed by atoms with Crippen LogP contribution >= 0.6 is 0 Å². The van der Waals surface area contributed by atoms with Crippen molar-refractivity contribution in [1.82, 2.24) is 0 Å². The Balaban J connectivity index is 2.64. The summed E-state index contributed by atoms with van der Waals surface area (Å²) in [6.07, 6.45) is 4.85. The zero-order valence-corrected chi connectivity index (χ0v) is 8.56. The summed E-state index contributed by atoms with van der Waals surface area (Å²) in [4.78, 5) is 0. The second-order valence-electron chi connectivity index (χ2n) is 4.10. The Hall–Kier alpha value is -0.300. The summed E-state index contributed by atoms with van der Waals surface area (Å²) in [5, 5.41) is 0. The van der Waals surface area contributed by atoms with E-state index in [0.29, 0.717) is 6.04 Å². The van der Waals surface area contributed by atoms with Crippen LogP contribution in [0.4, 0.5) is 0 Å². The maximum atomic E-state index is 5.87. The van der Waals surface area contributed by atoms with Crippen molar-refractivity contribution in [3.63, 3.8) is 0 Å². The van der Waals surface area contributed by atoms with E-state index >= 15 is 0 Å². The van der Waals surface area contributed by atoms with E-state index in [1.807, 2.05) is 0 Å². The van der Waals surface area contributed by atoms with Crippen LogP contribution in [0.1, 0.15) is 46.5 Å². The molecule has 12 heavy (non-hydrogen) atoms. The van der Waals surface area contributed by atoms with E-state index in [2.05, 4.69) is 20.8 Å². The molecule has 1 aliphatic rings. The van der Waals surface area contributed by atoms with E-state index < -0.39 is 0 Å². The maximum Gasteiger partial charge on any atom is 0.00792 e. The van der Waals surface area contributed by atoms with Crippen LogP contribution in [-0.4, -0.2) is 6.04 Å². The first-order chi connectivity index (χ1) is 5.65. The van der Waals surface area contributed by atoms with Crippen LogP contribution in [0, 0.1) is 5.92 Å². The molecule has 0 bridgehead atoms. The Morgan fingerprint density at radius 3 is 2.75 bits per heavy atom. The summed E-state index contributed by atoms with van der Waals surface area (Å²) in [5.41, 5.74) is 9.11. The highest BCUT2D eigenvalue weighted by molar-refractivity contribution is 5.19. The summed E-state index contributed by atoms with van der Waals surface area (Å²) in [6, 6.07) is 0.444. The molecule has 0 saturated heterocycles. The van der Waals surface area contributed by atoms with Crippen LogP contribution in [0.3, 0.4) is 0 Å². The van der Waals surface area contributed by atoms with Crippen LogP contribution in [0.15, 0.2) is 11.1 Å². The second kappa shape index (κ2) is 4.08. The molecule has 1 aliphatic carbocycles. The van der Waals surface area contributed by atoms with Crippen molar-refractivity contribution in [3.8, 4) is 0 Å². The van der Waals surface area contributed by atoms with Crippen LogP contribution in [0.25, 0.3) is 0 Å². The molecule has 2 N–H and O–H groups in total. The molecular weight excluding hydrogens is 146 g/mol. The molecule has 0 aliphatic heterocycles. The van der Waals surface area contributed by atoms with E-state index in [-0.39, 0.29) is 0 Å². The van der Waals surface area contributed by atoms with Crippen molar-refractivity contribution >= 4 is 0 Å². The minimum atomic E-state index is 0.444. The van der Waals surface area contributed by atoms with E-state index in [1.165, 1.54) is 19.3 Å². The fourth-order valence-corrected chi connectivity index (χ4v) is 1.89. The van der Waals surface area contributed by atoms with Gasteiger partial charge < -0.3 is 5.73 Å². The molecule has 0 radical (unpaired) electrons. The summed E-state index contributed by atoms with van der Waals surface area (Å²) >= 11 is 0. The fraction of sp³-hybridized carbons (Fsp3) is 0.818. The van der Waals surface area contributed by atoms with Gasteiger partial charge in [-0.05, 0) is 38.5 Å². The predicted molar refractivity (Wildman–Crippen MR) is 54.0 cm³/mol. The fourth-order valence-electron chi connectivity index (χ4n) is 1.89. The minimum absolute atomic E-state index is 0.444. The lowest BCUT2D eigenvalue weighted by Crippen LogP contribution is -2.13. The van der Waals surface area contributed by atoms with Gasteiger partial charge in [-0.15, -0.1) is 0 Å². The molecule has 2 atom stereocenters. The van der Waals surface area contributed by atoms with Gasteiger partial charge in [0.1, 0.15) is 0 Å². The Bertz CT molecular complexity index is 181. The van der Waals surface area contributed by atoms with Gasteiger partial charge in [0, 0.05) is 6.04 Å². The first-order valence-electron chi connectivity index (χ1n) is 5.09. The average Bonchev–Trinajstić information content (AvgIpc) is 2.49. The zero-order valence-electron chi connectivity index (χ0n) is 8.56. The van der Waals surface area contributed by atoms with Crippen molar-refractivity contribution in [2.24, 2.45) is 11.7 Å². The summed E-state index contributed by atoms with van der Waals surface area (Å²) in [7, 11) is 0. The molecule has 1 saturated carbocycles. The van der Waals surface area contributed by atoms with Gasteiger partial charge in [0.25, 0.3) is 0 Å². The molecule has 1 nitrogen and oxygen atoms in total. The van der Waals surface area contributed by atoms with Crippen molar-refractivity contribution in [3.05, 3.63) is 11.1 Å². The summed E-state index contributed by atoms with van der Waals surface area (Å²) in [5.74, 6) is 0.755. The maximum absolute atomic E-state index is 5.87. The number of allylic oxidation sites excluding steroid dienone is 1. The first kappa shape index (κ1) is 9.79. The molecule has 1 rings (SSSR count). The van der Waals surface area contributed by atoms with Gasteiger partial charge in [0.15, 0.2) is 0 Å². The van der Waals surface area contributed by atoms with Crippen molar-refractivity contribution in [1.29, 1.82) is 0 Å². The molecule has 0 amide bonds. The van der Waals surface area contributed by atoms with Gasteiger partial charge in [-0.25, -0.2) is 0 Å². The number of nitrogens with two attached hydrogens (primary N) is 1. The monoisotopic (exact) mass is 167 g/mol. The lowest BCUT2D eigenvalue weighted by atomic mass is 9.94. The quantitative estimate of drug-likeness (QED) is 0.629. The first-order valence-corrected chi connectivity index (χ1v) is 5.09. The van der Waals surface area contributed by atoms with E-state index in [1.54, 1.807) is 11.1 Å². The van der Waals surface area contributed by atoms with Gasteiger partial charge in [-0.2, -0.15) is 0 Å². The zero-order chi connectivity index (χ0) is 9.14. The Labute approximate surface area is 76.0 Å². The topological polar surface area (TPSA) is 26.0 Å². The highest BCUT2D eigenvalue weighted by Crippen LogP contribution is 2.30. The van der Waals surface area contributed by atoms with Crippen molar-refractivity contribution < 1.29 is 0 Å². The summed E-state index contributed by atoms with van der Waals surface area (Å²) < 4.78 is 0. The van der Waals surface area contributed by atoms with Gasteiger partial charge >= 0.3 is 0 Å². The normalized spacial score (nSPS) is 30.5. The van der Waals surface area contributed by atoms with Crippen LogP contribution in [-0.2, 0) is 0 Å². The summed E-state index contributed by atoms with van der Waals surface area (Å²) in [6.45, 7) is 6.84. The molecule has 0 aromatic rings. The Morgan fingerprint density at radius 2 is 2.33 bits per heavy atom. The number of rotatable bonds is 2. The van der Waals surface area contributed by atoms with E-state index in [9.17, 15) is 0 Å². The van der Waals surface area contributed by atoms with Crippen molar-refractivity contribution in [2.75, 3.05) is 0 Å². The van der Waals surface area contributed by atoms with Gasteiger partial charge in [0.2, 0.25) is 0 Å². The number of hydrogen-bond acceptors (Lipinski definition) is 1. The highest BCUT2D eigenvalue weighted by atomic mass is 14.6. The Kier molecular flexibility index (Phi) is 3.33. The van der Waals surface area contributed by atoms with Crippen molar-refractivity contribution in [2.45, 2.75) is 52.5 Å². The number of hydrogen-bond donors (Lipinski definition) is 1. The predicted octanol–water partition coefficient (Wildman–Crippen LogP) is 2.86. The third kappa shape index (κ3) is 2.10. The Morgan fingerprint density at radius 1 is 1.67 bits per heavy atom. The molecule has 0 spiro atoms. The smallest absolute Gasteiger partial charge is 0.00792 e. The standard InChI is InChI=1S/C11H21N/c1-4-8(2)9(3)10-5-6-11(12)7-10/h8,11H,4-7,12H2,1-3H3/b10-9-. The molecule has 0 aromatic heterocycles. The minimum Gasteiger partial charge on any atom is -0.327 e. The van der Waals surface area contributed by atoms with Gasteiger partial charge in [-0.3, -0.25) is 0 Å². The third-order valence-electron chi connectivity index (χ3n) is 3.23. The molecule has 0 aromatic carbocycles. The molecule has 1 fully saturated rings. The molecular formula is C11H21N. The van der Waals surface area contributed by atoms with Gasteiger partial charge in [0.05, 0.1) is 0 Å². The van der Waals surface area contributed by atoms with E-state index in [0.717, 1.165) is 12.3 Å². The van der Waals surface area contributed by atoms with Gasteiger partial charge in [-0.1, -0.05) is 25.0 Å². The molecule has 1 heteroatoms. The van der Waals surface area contributed by atoms with Crippen LogP contribution in [0.5, 0.6) is 0 Å². The average molecular weight is 167 g/mol. The lowest BCUT2D eigenvalue weighted by molar-refractivity contribution is 0.642. The second-order valence-corrected chi connectivity index (χ2v) is 4.10. The van der Waals surface area contributed by atoms with Crippen LogP contribution < -0.4 is 5.73 Å². The highest BCUT2D eigenvalue weighted by Gasteiger charge is 2.18. The lowest BCUT2D eigenvalue weighted by Gasteiger charge is -2.12. The third-order valence-corrected chi connectivity index (χ3v) is 3.23. The largest absolute Gasteiger partial charge is 0.327 e. The van der Waals surface area contributed by atoms with E-state index in [4.69, 9.17) is 5.73 Å². The SMILES string of the molecule is CCC(C)/C(C)=C1/CCC(N)C1. The molecule has 0 heterocycles. The molecule has 2 unspecified atom stereocenters.